The minimum atomic E-state index is -3.62. The molecule has 1 aromatic carbocycles. The average Bonchev–Trinajstić information content (AvgIpc) is 2.62. The van der Waals surface area contributed by atoms with Gasteiger partial charge < -0.3 is 0 Å². The molecule has 1 aliphatic heterocycles. The Labute approximate surface area is 142 Å². The lowest BCUT2D eigenvalue weighted by atomic mass is 9.65. The first kappa shape index (κ1) is 16.6. The Bertz CT molecular complexity index is 717. The molecule has 2 bridgehead atoms. The molecule has 3 rings (SSSR count). The van der Waals surface area contributed by atoms with E-state index in [0.29, 0.717) is 11.6 Å². The van der Waals surface area contributed by atoms with E-state index in [4.69, 9.17) is 23.2 Å². The number of hydrogen-bond donors (Lipinski definition) is 0. The van der Waals surface area contributed by atoms with Crippen molar-refractivity contribution in [3.63, 3.8) is 0 Å². The largest absolute Gasteiger partial charge is 0.244 e. The standard InChI is InChI=1S/C16H21Cl2NO2S/c1-15(2)7-12-8-16(3,9-15)10-19(12)22(20,21)14-6-11(17)4-5-13(14)18/h4-6,12H,7-10H2,1-3H3/t12-,16-/m1/s1. The molecule has 0 unspecified atom stereocenters. The van der Waals surface area contributed by atoms with E-state index in [-0.39, 0.29) is 26.8 Å². The van der Waals surface area contributed by atoms with Crippen LogP contribution in [0.15, 0.2) is 23.1 Å². The summed E-state index contributed by atoms with van der Waals surface area (Å²) in [6, 6.07) is 4.66. The molecule has 122 valence electrons. The smallest absolute Gasteiger partial charge is 0.207 e. The van der Waals surface area contributed by atoms with Gasteiger partial charge >= 0.3 is 0 Å². The highest BCUT2D eigenvalue weighted by molar-refractivity contribution is 7.89. The van der Waals surface area contributed by atoms with Gasteiger partial charge in [0.2, 0.25) is 10.0 Å². The number of sulfonamides is 1. The summed E-state index contributed by atoms with van der Waals surface area (Å²) in [6.07, 6.45) is 2.86. The lowest BCUT2D eigenvalue weighted by Gasteiger charge is -2.39. The maximum atomic E-state index is 13.1. The number of rotatable bonds is 2. The molecule has 1 saturated carbocycles. The fourth-order valence-corrected chi connectivity index (χ4v) is 7.00. The zero-order chi connectivity index (χ0) is 16.3. The zero-order valence-corrected chi connectivity index (χ0v) is 15.4. The fourth-order valence-electron chi connectivity index (χ4n) is 4.49. The Morgan fingerprint density at radius 3 is 2.55 bits per heavy atom. The van der Waals surface area contributed by atoms with E-state index in [1.54, 1.807) is 16.4 Å². The normalized spacial score (nSPS) is 31.4. The molecule has 0 radical (unpaired) electrons. The van der Waals surface area contributed by atoms with Crippen molar-refractivity contribution < 1.29 is 8.42 Å². The van der Waals surface area contributed by atoms with Crippen molar-refractivity contribution in [3.05, 3.63) is 28.2 Å². The van der Waals surface area contributed by atoms with Crippen LogP contribution in [-0.2, 0) is 10.0 Å². The monoisotopic (exact) mass is 361 g/mol. The van der Waals surface area contributed by atoms with Gasteiger partial charge in [-0.15, -0.1) is 0 Å². The van der Waals surface area contributed by atoms with Gasteiger partial charge in [-0.1, -0.05) is 44.0 Å². The Hall–Kier alpha value is -0.290. The molecule has 2 atom stereocenters. The summed E-state index contributed by atoms with van der Waals surface area (Å²) in [5, 5.41) is 0.618. The van der Waals surface area contributed by atoms with Gasteiger partial charge in [0.05, 0.1) is 5.02 Å². The summed E-state index contributed by atoms with van der Waals surface area (Å²) < 4.78 is 27.8. The van der Waals surface area contributed by atoms with Crippen LogP contribution < -0.4 is 0 Å². The number of halogens is 2. The van der Waals surface area contributed by atoms with Gasteiger partial charge in [0, 0.05) is 17.6 Å². The van der Waals surface area contributed by atoms with Crippen molar-refractivity contribution >= 4 is 33.2 Å². The predicted molar refractivity (Wildman–Crippen MR) is 89.9 cm³/mol. The summed E-state index contributed by atoms with van der Waals surface area (Å²) in [4.78, 5) is 0.121. The van der Waals surface area contributed by atoms with Crippen LogP contribution in [0.5, 0.6) is 0 Å². The summed E-state index contributed by atoms with van der Waals surface area (Å²) in [5.74, 6) is 0. The van der Waals surface area contributed by atoms with Crippen LogP contribution in [0, 0.1) is 10.8 Å². The van der Waals surface area contributed by atoms with Crippen molar-refractivity contribution in [2.24, 2.45) is 10.8 Å². The zero-order valence-electron chi connectivity index (χ0n) is 13.1. The molecule has 1 aromatic rings. The van der Waals surface area contributed by atoms with Gasteiger partial charge in [-0.2, -0.15) is 4.31 Å². The van der Waals surface area contributed by atoms with Crippen LogP contribution in [-0.4, -0.2) is 25.3 Å². The fraction of sp³-hybridized carbons (Fsp3) is 0.625. The lowest BCUT2D eigenvalue weighted by molar-refractivity contribution is 0.133. The minimum Gasteiger partial charge on any atom is -0.207 e. The molecule has 3 nitrogen and oxygen atoms in total. The number of fused-ring (bicyclic) bond motifs is 2. The van der Waals surface area contributed by atoms with Crippen LogP contribution in [0.1, 0.15) is 40.0 Å². The first-order valence-corrected chi connectivity index (χ1v) is 9.69. The van der Waals surface area contributed by atoms with E-state index >= 15 is 0 Å². The summed E-state index contributed by atoms with van der Waals surface area (Å²) in [6.45, 7) is 7.20. The Morgan fingerprint density at radius 2 is 1.86 bits per heavy atom. The maximum Gasteiger partial charge on any atom is 0.244 e. The highest BCUT2D eigenvalue weighted by Crippen LogP contribution is 2.53. The third-order valence-electron chi connectivity index (χ3n) is 4.85. The quantitative estimate of drug-likeness (QED) is 0.772. The van der Waals surface area contributed by atoms with Crippen molar-refractivity contribution in [2.75, 3.05) is 6.54 Å². The second kappa shape index (κ2) is 5.10. The van der Waals surface area contributed by atoms with Crippen LogP contribution in [0.25, 0.3) is 0 Å². The molecule has 1 heterocycles. The molecular weight excluding hydrogens is 341 g/mol. The van der Waals surface area contributed by atoms with E-state index < -0.39 is 10.0 Å². The van der Waals surface area contributed by atoms with Crippen molar-refractivity contribution in [2.45, 2.75) is 51.0 Å². The topological polar surface area (TPSA) is 37.4 Å². The lowest BCUT2D eigenvalue weighted by Crippen LogP contribution is -2.37. The van der Waals surface area contributed by atoms with Crippen molar-refractivity contribution in [3.8, 4) is 0 Å². The van der Waals surface area contributed by atoms with Gasteiger partial charge in [-0.25, -0.2) is 8.42 Å². The molecule has 0 spiro atoms. The molecule has 1 aliphatic carbocycles. The molecule has 1 saturated heterocycles. The molecule has 0 aromatic heterocycles. The molecular formula is C16H21Cl2NO2S. The molecule has 22 heavy (non-hydrogen) atoms. The molecule has 0 amide bonds. The third-order valence-corrected chi connectivity index (χ3v) is 7.46. The Morgan fingerprint density at radius 1 is 1.18 bits per heavy atom. The Kier molecular flexibility index (Phi) is 3.84. The van der Waals surface area contributed by atoms with Crippen LogP contribution in [0.3, 0.4) is 0 Å². The van der Waals surface area contributed by atoms with E-state index in [9.17, 15) is 8.42 Å². The second-order valence-electron chi connectivity index (χ2n) is 7.84. The van der Waals surface area contributed by atoms with Crippen molar-refractivity contribution in [1.29, 1.82) is 0 Å². The first-order valence-electron chi connectivity index (χ1n) is 7.49. The second-order valence-corrected chi connectivity index (χ2v) is 10.5. The van der Waals surface area contributed by atoms with Gasteiger partial charge in [-0.3, -0.25) is 0 Å². The average molecular weight is 362 g/mol. The van der Waals surface area contributed by atoms with E-state index in [1.807, 2.05) is 0 Å². The predicted octanol–water partition coefficient (Wildman–Crippen LogP) is 4.58. The van der Waals surface area contributed by atoms with Gasteiger partial charge in [-0.05, 0) is 48.3 Å². The third kappa shape index (κ3) is 2.79. The number of nitrogens with zero attached hydrogens (tertiary/aromatic N) is 1. The molecule has 6 heteroatoms. The number of benzene rings is 1. The van der Waals surface area contributed by atoms with Gasteiger partial charge in [0.1, 0.15) is 4.90 Å². The SMILES string of the molecule is CC1(C)C[C@@H]2C[C@@](C)(CN2S(=O)(=O)c2cc(Cl)ccc2Cl)C1. The maximum absolute atomic E-state index is 13.1. The summed E-state index contributed by atoms with van der Waals surface area (Å²) >= 11 is 12.1. The first-order chi connectivity index (χ1) is 10.0. The van der Waals surface area contributed by atoms with Crippen LogP contribution in [0.4, 0.5) is 0 Å². The van der Waals surface area contributed by atoms with Crippen LogP contribution >= 0.6 is 23.2 Å². The highest BCUT2D eigenvalue weighted by atomic mass is 35.5. The summed E-state index contributed by atoms with van der Waals surface area (Å²) in [5.41, 5.74) is 0.213. The summed E-state index contributed by atoms with van der Waals surface area (Å²) in [7, 11) is -3.62. The molecule has 0 N–H and O–H groups in total. The number of hydrogen-bond acceptors (Lipinski definition) is 2. The van der Waals surface area contributed by atoms with Gasteiger partial charge in [0.25, 0.3) is 0 Å². The molecule has 2 aliphatic rings. The molecule has 2 fully saturated rings. The Balaban J connectivity index is 2.02. The minimum absolute atomic E-state index is 0.0462. The van der Waals surface area contributed by atoms with E-state index in [1.165, 1.54) is 6.07 Å². The van der Waals surface area contributed by atoms with Crippen LogP contribution in [0.2, 0.25) is 10.0 Å². The van der Waals surface area contributed by atoms with Gasteiger partial charge in [0.15, 0.2) is 0 Å². The highest BCUT2D eigenvalue weighted by Gasteiger charge is 2.53. The van der Waals surface area contributed by atoms with E-state index in [0.717, 1.165) is 19.3 Å². The van der Waals surface area contributed by atoms with E-state index in [2.05, 4.69) is 20.8 Å². The van der Waals surface area contributed by atoms with Crippen molar-refractivity contribution in [1.82, 2.24) is 4.31 Å².